The topological polar surface area (TPSA) is 61.3 Å². The molecule has 0 aromatic carbocycles. The van der Waals surface area contributed by atoms with Gasteiger partial charge in [-0.2, -0.15) is 0 Å². The molecule has 1 aromatic rings. The van der Waals surface area contributed by atoms with E-state index >= 15 is 0 Å². The van der Waals surface area contributed by atoms with E-state index in [1.54, 1.807) is 6.20 Å². The van der Waals surface area contributed by atoms with Crippen LogP contribution in [0.5, 0.6) is 0 Å². The molecule has 0 radical (unpaired) electrons. The third-order valence-corrected chi connectivity index (χ3v) is 2.48. The molecule has 4 heteroatoms. The lowest BCUT2D eigenvalue weighted by Crippen LogP contribution is -2.21. The molecule has 2 unspecified atom stereocenters. The van der Waals surface area contributed by atoms with Crippen LogP contribution in [0.4, 0.5) is 5.69 Å². The second-order valence-corrected chi connectivity index (χ2v) is 3.55. The Balaban J connectivity index is 2.12. The van der Waals surface area contributed by atoms with Crippen LogP contribution in [0, 0.1) is 0 Å². The smallest absolute Gasteiger partial charge is 0.162 e. The highest BCUT2D eigenvalue weighted by Crippen LogP contribution is 2.32. The molecule has 1 fully saturated rings. The largest absolute Gasteiger partial charge is 0.395 e. The monoisotopic (exact) mass is 182 g/mol. The van der Waals surface area contributed by atoms with Gasteiger partial charge in [-0.1, -0.05) is 5.16 Å². The molecule has 0 amide bonds. The van der Waals surface area contributed by atoms with Gasteiger partial charge in [0, 0.05) is 12.5 Å². The standard InChI is InChI=1S/C9H14N2O2/c1-6-4-7(2-3-12-6)9-8(10)5-11-13-9/h5-7H,2-4,10H2,1H3. The van der Waals surface area contributed by atoms with Crippen molar-refractivity contribution in [2.24, 2.45) is 0 Å². The Morgan fingerprint density at radius 2 is 2.46 bits per heavy atom. The predicted molar refractivity (Wildman–Crippen MR) is 48.3 cm³/mol. The third kappa shape index (κ3) is 1.67. The average molecular weight is 182 g/mol. The lowest BCUT2D eigenvalue weighted by molar-refractivity contribution is 0.0145. The number of nitrogen functional groups attached to an aromatic ring is 1. The van der Waals surface area contributed by atoms with Gasteiger partial charge >= 0.3 is 0 Å². The van der Waals surface area contributed by atoms with Crippen molar-refractivity contribution in [1.82, 2.24) is 5.16 Å². The fraction of sp³-hybridized carbons (Fsp3) is 0.667. The maximum absolute atomic E-state index is 5.72. The SMILES string of the molecule is CC1CC(c2oncc2N)CCO1. The number of rotatable bonds is 1. The Kier molecular flexibility index (Phi) is 2.22. The van der Waals surface area contributed by atoms with Crippen LogP contribution in [-0.2, 0) is 4.74 Å². The van der Waals surface area contributed by atoms with Gasteiger partial charge in [-0.3, -0.25) is 0 Å². The minimum atomic E-state index is 0.295. The van der Waals surface area contributed by atoms with E-state index in [2.05, 4.69) is 12.1 Å². The number of aromatic nitrogens is 1. The Morgan fingerprint density at radius 1 is 1.62 bits per heavy atom. The predicted octanol–water partition coefficient (Wildman–Crippen LogP) is 1.54. The molecule has 72 valence electrons. The van der Waals surface area contributed by atoms with Crippen LogP contribution in [-0.4, -0.2) is 17.9 Å². The first-order chi connectivity index (χ1) is 6.27. The highest BCUT2D eigenvalue weighted by Gasteiger charge is 2.25. The van der Waals surface area contributed by atoms with Crippen LogP contribution in [0.15, 0.2) is 10.7 Å². The maximum atomic E-state index is 5.72. The van der Waals surface area contributed by atoms with Gasteiger partial charge in [-0.05, 0) is 19.8 Å². The number of hydrogen-bond acceptors (Lipinski definition) is 4. The molecule has 0 bridgehead atoms. The van der Waals surface area contributed by atoms with Gasteiger partial charge in [0.25, 0.3) is 0 Å². The van der Waals surface area contributed by atoms with Crippen LogP contribution in [0.25, 0.3) is 0 Å². The van der Waals surface area contributed by atoms with Gasteiger partial charge in [-0.25, -0.2) is 0 Å². The number of nitrogens with two attached hydrogens (primary N) is 1. The van der Waals surface area contributed by atoms with Crippen molar-refractivity contribution >= 4 is 5.69 Å². The molecular weight excluding hydrogens is 168 g/mol. The summed E-state index contributed by atoms with van der Waals surface area (Å²) >= 11 is 0. The third-order valence-electron chi connectivity index (χ3n) is 2.48. The first-order valence-electron chi connectivity index (χ1n) is 4.59. The Labute approximate surface area is 77.0 Å². The van der Waals surface area contributed by atoms with Crippen molar-refractivity contribution in [2.75, 3.05) is 12.3 Å². The van der Waals surface area contributed by atoms with Crippen molar-refractivity contribution in [3.8, 4) is 0 Å². The molecule has 2 N–H and O–H groups in total. The zero-order valence-corrected chi connectivity index (χ0v) is 7.69. The summed E-state index contributed by atoms with van der Waals surface area (Å²) in [5, 5.41) is 3.68. The van der Waals surface area contributed by atoms with Gasteiger partial charge in [0.15, 0.2) is 5.76 Å². The van der Waals surface area contributed by atoms with E-state index in [-0.39, 0.29) is 0 Å². The second kappa shape index (κ2) is 3.38. The zero-order chi connectivity index (χ0) is 9.26. The molecule has 2 rings (SSSR count). The number of anilines is 1. The van der Waals surface area contributed by atoms with Crippen LogP contribution >= 0.6 is 0 Å². The van der Waals surface area contributed by atoms with Gasteiger partial charge in [0.05, 0.1) is 18.0 Å². The van der Waals surface area contributed by atoms with E-state index < -0.39 is 0 Å². The van der Waals surface area contributed by atoms with E-state index in [0.717, 1.165) is 25.2 Å². The molecule has 4 nitrogen and oxygen atoms in total. The van der Waals surface area contributed by atoms with E-state index in [4.69, 9.17) is 15.0 Å². The summed E-state index contributed by atoms with van der Waals surface area (Å²) in [5.74, 6) is 1.21. The fourth-order valence-corrected chi connectivity index (χ4v) is 1.80. The lowest BCUT2D eigenvalue weighted by Gasteiger charge is -2.25. The van der Waals surface area contributed by atoms with Crippen molar-refractivity contribution in [3.63, 3.8) is 0 Å². The van der Waals surface area contributed by atoms with Gasteiger partial charge in [0.2, 0.25) is 0 Å². The second-order valence-electron chi connectivity index (χ2n) is 3.55. The Hall–Kier alpha value is -1.03. The average Bonchev–Trinajstić information content (AvgIpc) is 2.51. The van der Waals surface area contributed by atoms with Crippen LogP contribution in [0.2, 0.25) is 0 Å². The van der Waals surface area contributed by atoms with E-state index in [1.807, 2.05) is 0 Å². The quantitative estimate of drug-likeness (QED) is 0.715. The molecule has 0 spiro atoms. The normalized spacial score (nSPS) is 29.0. The molecule has 13 heavy (non-hydrogen) atoms. The molecule has 2 atom stereocenters. The summed E-state index contributed by atoms with van der Waals surface area (Å²) in [6.45, 7) is 2.85. The van der Waals surface area contributed by atoms with E-state index in [0.29, 0.717) is 17.7 Å². The fourth-order valence-electron chi connectivity index (χ4n) is 1.80. The zero-order valence-electron chi connectivity index (χ0n) is 7.69. The molecule has 2 heterocycles. The minimum Gasteiger partial charge on any atom is -0.395 e. The van der Waals surface area contributed by atoms with Crippen LogP contribution < -0.4 is 5.73 Å². The highest BCUT2D eigenvalue weighted by molar-refractivity contribution is 5.40. The molecule has 1 aromatic heterocycles. The Bertz CT molecular complexity index is 285. The van der Waals surface area contributed by atoms with Crippen molar-refractivity contribution in [2.45, 2.75) is 31.8 Å². The summed E-state index contributed by atoms with van der Waals surface area (Å²) in [7, 11) is 0. The molecular formula is C9H14N2O2. The molecule has 0 aliphatic carbocycles. The molecule has 1 aliphatic rings. The van der Waals surface area contributed by atoms with Gasteiger partial charge in [-0.15, -0.1) is 0 Å². The number of hydrogen-bond donors (Lipinski definition) is 1. The molecule has 1 aliphatic heterocycles. The summed E-state index contributed by atoms with van der Waals surface area (Å²) in [5.41, 5.74) is 6.39. The summed E-state index contributed by atoms with van der Waals surface area (Å²) in [4.78, 5) is 0. The van der Waals surface area contributed by atoms with Crippen molar-refractivity contribution in [3.05, 3.63) is 12.0 Å². The minimum absolute atomic E-state index is 0.295. The van der Waals surface area contributed by atoms with E-state index in [1.165, 1.54) is 0 Å². The lowest BCUT2D eigenvalue weighted by atomic mass is 9.93. The van der Waals surface area contributed by atoms with Crippen LogP contribution in [0.3, 0.4) is 0 Å². The van der Waals surface area contributed by atoms with Gasteiger partial charge < -0.3 is 15.0 Å². The highest BCUT2D eigenvalue weighted by atomic mass is 16.5. The van der Waals surface area contributed by atoms with Crippen LogP contribution in [0.1, 0.15) is 31.4 Å². The van der Waals surface area contributed by atoms with Crippen molar-refractivity contribution < 1.29 is 9.26 Å². The Morgan fingerprint density at radius 3 is 3.08 bits per heavy atom. The van der Waals surface area contributed by atoms with E-state index in [9.17, 15) is 0 Å². The summed E-state index contributed by atoms with van der Waals surface area (Å²) < 4.78 is 10.6. The molecule has 1 saturated heterocycles. The van der Waals surface area contributed by atoms with Crippen molar-refractivity contribution in [1.29, 1.82) is 0 Å². The first-order valence-corrected chi connectivity index (χ1v) is 4.59. The molecule has 0 saturated carbocycles. The van der Waals surface area contributed by atoms with Gasteiger partial charge in [0.1, 0.15) is 0 Å². The first kappa shape index (κ1) is 8.56. The summed E-state index contributed by atoms with van der Waals surface area (Å²) in [6, 6.07) is 0. The summed E-state index contributed by atoms with van der Waals surface area (Å²) in [6.07, 6.45) is 3.81. The number of ether oxygens (including phenoxy) is 1. The maximum Gasteiger partial charge on any atom is 0.162 e. The number of nitrogens with zero attached hydrogens (tertiary/aromatic N) is 1.